The van der Waals surface area contributed by atoms with E-state index >= 15 is 0 Å². The second-order valence-electron chi connectivity index (χ2n) is 7.51. The van der Waals surface area contributed by atoms with Crippen molar-refractivity contribution < 1.29 is 24.5 Å². The third kappa shape index (κ3) is 2.46. The molecular weight excluding hydrogens is 471 g/mol. The summed E-state index contributed by atoms with van der Waals surface area (Å²) in [7, 11) is 0. The fourth-order valence-corrected chi connectivity index (χ4v) is 4.73. The predicted octanol–water partition coefficient (Wildman–Crippen LogP) is 4.14. The van der Waals surface area contributed by atoms with Crippen LogP contribution in [0.2, 0.25) is 10.3 Å². The number of halogens is 2. The van der Waals surface area contributed by atoms with Gasteiger partial charge in [0.25, 0.3) is 0 Å². The van der Waals surface area contributed by atoms with Gasteiger partial charge in [0.2, 0.25) is 0 Å². The monoisotopic (exact) mass is 482 g/mol. The van der Waals surface area contributed by atoms with Gasteiger partial charge in [-0.05, 0) is 18.2 Å². The molecule has 0 saturated heterocycles. The Morgan fingerprint density at radius 3 is 2.58 bits per heavy atom. The van der Waals surface area contributed by atoms with Crippen molar-refractivity contribution in [1.29, 1.82) is 0 Å². The second-order valence-corrected chi connectivity index (χ2v) is 8.23. The van der Waals surface area contributed by atoms with Gasteiger partial charge in [0.15, 0.2) is 15.9 Å². The highest BCUT2D eigenvalue weighted by Crippen LogP contribution is 2.60. The quantitative estimate of drug-likeness (QED) is 0.272. The average molecular weight is 483 g/mol. The summed E-state index contributed by atoms with van der Waals surface area (Å²) in [6, 6.07) is 12.6. The highest BCUT2D eigenvalue weighted by Gasteiger charge is 2.55. The Labute approximate surface area is 195 Å². The fraction of sp³-hybridized carbons (Fsp3) is 0.0455. The molecule has 0 aliphatic carbocycles. The topological polar surface area (TPSA) is 133 Å². The molecule has 0 amide bonds. The first-order valence-electron chi connectivity index (χ1n) is 9.60. The lowest BCUT2D eigenvalue weighted by Gasteiger charge is -2.37. The zero-order chi connectivity index (χ0) is 23.1. The Morgan fingerprint density at radius 2 is 1.82 bits per heavy atom. The van der Waals surface area contributed by atoms with Crippen LogP contribution >= 0.6 is 23.2 Å². The number of fused-ring (bicyclic) bond motifs is 6. The molecule has 1 spiro atoms. The van der Waals surface area contributed by atoms with E-state index in [4.69, 9.17) is 38.4 Å². The van der Waals surface area contributed by atoms with Crippen LogP contribution in [0.25, 0.3) is 5.69 Å². The van der Waals surface area contributed by atoms with Gasteiger partial charge in [-0.2, -0.15) is 4.68 Å². The van der Waals surface area contributed by atoms with Crippen molar-refractivity contribution in [2.75, 3.05) is 5.73 Å². The minimum absolute atomic E-state index is 0.0104. The Bertz CT molecular complexity index is 1520. The summed E-state index contributed by atoms with van der Waals surface area (Å²) in [6.45, 7) is 0. The van der Waals surface area contributed by atoms with Crippen LogP contribution < -0.4 is 10.5 Å². The Balaban J connectivity index is 1.75. The molecule has 3 aromatic carbocycles. The van der Waals surface area contributed by atoms with Crippen LogP contribution in [0.4, 0.5) is 5.69 Å². The van der Waals surface area contributed by atoms with Crippen molar-refractivity contribution >= 4 is 34.9 Å². The normalized spacial score (nSPS) is 17.8. The summed E-state index contributed by atoms with van der Waals surface area (Å²) >= 11 is 12.2. The molecule has 0 saturated carbocycles. The minimum Gasteiger partial charge on any atom is -0.508 e. The first kappa shape index (κ1) is 19.7. The maximum absolute atomic E-state index is 12.9. The van der Waals surface area contributed by atoms with Gasteiger partial charge >= 0.3 is 5.97 Å². The molecule has 3 heterocycles. The van der Waals surface area contributed by atoms with Crippen molar-refractivity contribution in [3.05, 3.63) is 81.1 Å². The van der Waals surface area contributed by atoms with Crippen molar-refractivity contribution in [2.45, 2.75) is 5.60 Å². The number of aromatic hydroxyl groups is 2. The number of hydrogen-bond acceptors (Lipinski definition) is 8. The van der Waals surface area contributed by atoms with E-state index in [-0.39, 0.29) is 50.2 Å². The van der Waals surface area contributed by atoms with E-state index in [0.717, 1.165) is 4.68 Å². The van der Waals surface area contributed by atoms with Gasteiger partial charge in [-0.15, -0.1) is 5.10 Å². The maximum atomic E-state index is 12.9. The zero-order valence-corrected chi connectivity index (χ0v) is 17.9. The second kappa shape index (κ2) is 6.53. The van der Waals surface area contributed by atoms with E-state index in [1.807, 2.05) is 0 Å². The van der Waals surface area contributed by atoms with E-state index < -0.39 is 11.6 Å². The zero-order valence-electron chi connectivity index (χ0n) is 16.4. The van der Waals surface area contributed by atoms with Crippen LogP contribution in [0.3, 0.4) is 0 Å². The molecule has 0 bridgehead atoms. The van der Waals surface area contributed by atoms with Crippen LogP contribution in [-0.2, 0) is 10.3 Å². The SMILES string of the molecule is Nc1c(-n2nnc(Cl)c2Cl)c(O)cc2c1C1(OC(=O)c3ccccc31)c1ccc(O)cc1O2. The molecule has 2 aliphatic rings. The molecule has 164 valence electrons. The van der Waals surface area contributed by atoms with Crippen molar-refractivity contribution in [1.82, 2.24) is 15.0 Å². The maximum Gasteiger partial charge on any atom is 0.340 e. The number of esters is 1. The first-order valence-corrected chi connectivity index (χ1v) is 10.4. The lowest BCUT2D eigenvalue weighted by Crippen LogP contribution is -2.34. The lowest BCUT2D eigenvalue weighted by molar-refractivity contribution is 0.0227. The molecule has 33 heavy (non-hydrogen) atoms. The number of phenols is 2. The number of carbonyl (C=O) groups excluding carboxylic acids is 1. The summed E-state index contributed by atoms with van der Waals surface area (Å²) in [6.07, 6.45) is 0. The number of anilines is 1. The summed E-state index contributed by atoms with van der Waals surface area (Å²) in [4.78, 5) is 12.9. The average Bonchev–Trinajstić information content (AvgIpc) is 3.25. The number of nitrogens with zero attached hydrogens (tertiary/aromatic N) is 3. The van der Waals surface area contributed by atoms with E-state index in [0.29, 0.717) is 16.7 Å². The number of hydrogen-bond donors (Lipinski definition) is 3. The third-order valence-corrected chi connectivity index (χ3v) is 6.45. The smallest absolute Gasteiger partial charge is 0.340 e. The molecule has 11 heteroatoms. The molecular formula is C22H12Cl2N4O5. The number of phenolic OH excluding ortho intramolecular Hbond substituents is 2. The largest absolute Gasteiger partial charge is 0.508 e. The number of benzene rings is 3. The van der Waals surface area contributed by atoms with Crippen LogP contribution in [0, 0.1) is 0 Å². The van der Waals surface area contributed by atoms with Gasteiger partial charge in [-0.1, -0.05) is 46.6 Å². The summed E-state index contributed by atoms with van der Waals surface area (Å²) < 4.78 is 13.1. The highest BCUT2D eigenvalue weighted by molar-refractivity contribution is 6.40. The van der Waals surface area contributed by atoms with Crippen molar-refractivity contribution in [3.63, 3.8) is 0 Å². The number of nitrogens with two attached hydrogens (primary N) is 1. The lowest BCUT2D eigenvalue weighted by atomic mass is 9.76. The molecule has 1 atom stereocenters. The van der Waals surface area contributed by atoms with Gasteiger partial charge in [0.05, 0.1) is 16.8 Å². The third-order valence-electron chi connectivity index (χ3n) is 5.76. The molecule has 0 fully saturated rings. The van der Waals surface area contributed by atoms with E-state index in [9.17, 15) is 15.0 Å². The van der Waals surface area contributed by atoms with Crippen LogP contribution in [0.5, 0.6) is 23.0 Å². The molecule has 1 unspecified atom stereocenters. The molecule has 4 N–H and O–H groups in total. The molecule has 9 nitrogen and oxygen atoms in total. The molecule has 0 radical (unpaired) electrons. The highest BCUT2D eigenvalue weighted by atomic mass is 35.5. The number of nitrogen functional groups attached to an aromatic ring is 1. The van der Waals surface area contributed by atoms with Crippen LogP contribution in [0.1, 0.15) is 27.0 Å². The Hall–Kier alpha value is -3.95. The molecule has 1 aromatic heterocycles. The number of ether oxygens (including phenoxy) is 2. The van der Waals surface area contributed by atoms with E-state index in [1.54, 1.807) is 30.3 Å². The van der Waals surface area contributed by atoms with Crippen LogP contribution in [-0.4, -0.2) is 31.2 Å². The fourth-order valence-electron chi connectivity index (χ4n) is 4.46. The van der Waals surface area contributed by atoms with Gasteiger partial charge < -0.3 is 25.4 Å². The Morgan fingerprint density at radius 1 is 1.03 bits per heavy atom. The predicted molar refractivity (Wildman–Crippen MR) is 117 cm³/mol. The molecule has 4 aromatic rings. The summed E-state index contributed by atoms with van der Waals surface area (Å²) in [5.41, 5.74) is 6.61. The van der Waals surface area contributed by atoms with E-state index in [2.05, 4.69) is 10.3 Å². The molecule has 6 rings (SSSR count). The van der Waals surface area contributed by atoms with Gasteiger partial charge in [-0.3, -0.25) is 0 Å². The number of carbonyl (C=O) groups is 1. The Kier molecular flexibility index (Phi) is 3.90. The number of rotatable bonds is 1. The van der Waals surface area contributed by atoms with Crippen molar-refractivity contribution in [3.8, 4) is 28.7 Å². The van der Waals surface area contributed by atoms with Gasteiger partial charge in [0.1, 0.15) is 28.7 Å². The van der Waals surface area contributed by atoms with Crippen LogP contribution in [0.15, 0.2) is 48.5 Å². The molecule has 2 aliphatic heterocycles. The number of aromatic nitrogens is 3. The summed E-state index contributed by atoms with van der Waals surface area (Å²) in [5.74, 6) is -0.582. The van der Waals surface area contributed by atoms with Gasteiger partial charge in [0, 0.05) is 23.3 Å². The standard InChI is InChI=1S/C22H12Cl2N4O5/c23-19-20(24)28(27-26-19)18-13(30)8-15-16(17(18)25)22(12-6-5-9(29)7-14(12)32-15)11-4-2-1-3-10(11)21(31)33-22/h1-8,29-30H,25H2. The first-order chi connectivity index (χ1) is 15.8. The van der Waals surface area contributed by atoms with E-state index in [1.165, 1.54) is 18.2 Å². The minimum atomic E-state index is -1.52. The summed E-state index contributed by atoms with van der Waals surface area (Å²) in [5, 5.41) is 28.3. The van der Waals surface area contributed by atoms with Gasteiger partial charge in [-0.25, -0.2) is 4.79 Å². The van der Waals surface area contributed by atoms with Crippen molar-refractivity contribution in [2.24, 2.45) is 0 Å².